The first-order valence-electron chi connectivity index (χ1n) is 6.06. The molecule has 0 unspecified atom stereocenters. The van der Waals surface area contributed by atoms with Crippen molar-refractivity contribution in [2.75, 3.05) is 0 Å². The maximum atomic E-state index is 3.48. The van der Waals surface area contributed by atoms with Gasteiger partial charge in [0.15, 0.2) is 0 Å². The van der Waals surface area contributed by atoms with E-state index < -0.39 is 0 Å². The Bertz CT molecular complexity index is 471. The van der Waals surface area contributed by atoms with Crippen LogP contribution in [0.25, 0.3) is 0 Å². The Kier molecular flexibility index (Phi) is 3.94. The molecule has 0 heterocycles. The second-order valence-electron chi connectivity index (χ2n) is 4.52. The Labute approximate surface area is 103 Å². The summed E-state index contributed by atoms with van der Waals surface area (Å²) >= 11 is 0. The summed E-state index contributed by atoms with van der Waals surface area (Å²) in [6, 6.07) is 17.2. The Morgan fingerprint density at radius 2 is 1.53 bits per heavy atom. The fourth-order valence-electron chi connectivity index (χ4n) is 1.86. The molecule has 1 N–H and O–H groups in total. The highest BCUT2D eigenvalue weighted by atomic mass is 14.8. The molecule has 17 heavy (non-hydrogen) atoms. The van der Waals surface area contributed by atoms with Gasteiger partial charge in [0.25, 0.3) is 0 Å². The quantitative estimate of drug-likeness (QED) is 0.838. The highest BCUT2D eigenvalue weighted by Crippen LogP contribution is 2.07. The predicted molar refractivity (Wildman–Crippen MR) is 72.9 cm³/mol. The SMILES string of the molecule is Cc1ccc(CNCc2ccccc2C)cc1. The Balaban J connectivity index is 1.88. The lowest BCUT2D eigenvalue weighted by atomic mass is 10.1. The van der Waals surface area contributed by atoms with E-state index in [0.29, 0.717) is 0 Å². The van der Waals surface area contributed by atoms with Crippen LogP contribution in [0.15, 0.2) is 48.5 Å². The molecule has 0 aliphatic carbocycles. The first-order chi connectivity index (χ1) is 8.25. The van der Waals surface area contributed by atoms with Gasteiger partial charge in [0.05, 0.1) is 0 Å². The molecule has 88 valence electrons. The van der Waals surface area contributed by atoms with Crippen molar-refractivity contribution in [2.45, 2.75) is 26.9 Å². The van der Waals surface area contributed by atoms with Crippen molar-refractivity contribution in [3.63, 3.8) is 0 Å². The molecular formula is C16H19N. The molecule has 2 rings (SSSR count). The van der Waals surface area contributed by atoms with E-state index in [2.05, 4.69) is 67.7 Å². The molecule has 0 aliphatic rings. The summed E-state index contributed by atoms with van der Waals surface area (Å²) in [5.74, 6) is 0. The van der Waals surface area contributed by atoms with Crippen LogP contribution in [0.2, 0.25) is 0 Å². The molecular weight excluding hydrogens is 206 g/mol. The molecule has 0 spiro atoms. The molecule has 0 saturated heterocycles. The third kappa shape index (κ3) is 3.43. The Morgan fingerprint density at radius 1 is 0.824 bits per heavy atom. The van der Waals surface area contributed by atoms with Crippen LogP contribution < -0.4 is 5.32 Å². The zero-order chi connectivity index (χ0) is 12.1. The Morgan fingerprint density at radius 3 is 2.24 bits per heavy atom. The van der Waals surface area contributed by atoms with Crippen LogP contribution in [0.4, 0.5) is 0 Å². The summed E-state index contributed by atoms with van der Waals surface area (Å²) in [6.07, 6.45) is 0. The van der Waals surface area contributed by atoms with Gasteiger partial charge in [-0.25, -0.2) is 0 Å². The van der Waals surface area contributed by atoms with Gasteiger partial charge in [0.1, 0.15) is 0 Å². The monoisotopic (exact) mass is 225 g/mol. The Hall–Kier alpha value is -1.60. The third-order valence-electron chi connectivity index (χ3n) is 3.03. The first-order valence-corrected chi connectivity index (χ1v) is 6.06. The molecule has 0 atom stereocenters. The molecule has 0 radical (unpaired) electrons. The fourth-order valence-corrected chi connectivity index (χ4v) is 1.86. The van der Waals surface area contributed by atoms with Gasteiger partial charge < -0.3 is 5.32 Å². The number of rotatable bonds is 4. The third-order valence-corrected chi connectivity index (χ3v) is 3.03. The molecule has 0 saturated carbocycles. The zero-order valence-corrected chi connectivity index (χ0v) is 10.5. The summed E-state index contributed by atoms with van der Waals surface area (Å²) in [6.45, 7) is 6.13. The van der Waals surface area contributed by atoms with Crippen molar-refractivity contribution >= 4 is 0 Å². The summed E-state index contributed by atoms with van der Waals surface area (Å²) in [5, 5.41) is 3.48. The summed E-state index contributed by atoms with van der Waals surface area (Å²) in [7, 11) is 0. The van der Waals surface area contributed by atoms with Crippen molar-refractivity contribution < 1.29 is 0 Å². The van der Waals surface area contributed by atoms with Crippen molar-refractivity contribution in [3.05, 3.63) is 70.8 Å². The van der Waals surface area contributed by atoms with Crippen molar-refractivity contribution in [2.24, 2.45) is 0 Å². The maximum Gasteiger partial charge on any atom is 0.0211 e. The fraction of sp³-hybridized carbons (Fsp3) is 0.250. The number of benzene rings is 2. The lowest BCUT2D eigenvalue weighted by molar-refractivity contribution is 0.690. The number of aryl methyl sites for hydroxylation is 2. The van der Waals surface area contributed by atoms with Gasteiger partial charge in [-0.1, -0.05) is 54.1 Å². The van der Waals surface area contributed by atoms with E-state index >= 15 is 0 Å². The lowest BCUT2D eigenvalue weighted by Gasteiger charge is -2.07. The standard InChI is InChI=1S/C16H19N/c1-13-7-9-15(10-8-13)11-17-12-16-6-4-3-5-14(16)2/h3-10,17H,11-12H2,1-2H3. The van der Waals surface area contributed by atoms with Crippen molar-refractivity contribution in [1.29, 1.82) is 0 Å². The van der Waals surface area contributed by atoms with E-state index in [1.807, 2.05) is 0 Å². The summed E-state index contributed by atoms with van der Waals surface area (Å²) in [5.41, 5.74) is 5.38. The highest BCUT2D eigenvalue weighted by molar-refractivity contribution is 5.25. The lowest BCUT2D eigenvalue weighted by Crippen LogP contribution is -2.13. The topological polar surface area (TPSA) is 12.0 Å². The number of hydrogen-bond donors (Lipinski definition) is 1. The van der Waals surface area contributed by atoms with Crippen LogP contribution in [0.5, 0.6) is 0 Å². The molecule has 1 nitrogen and oxygen atoms in total. The minimum atomic E-state index is 0.925. The average Bonchev–Trinajstić information content (AvgIpc) is 2.34. The zero-order valence-electron chi connectivity index (χ0n) is 10.5. The van der Waals surface area contributed by atoms with E-state index in [0.717, 1.165) is 13.1 Å². The average molecular weight is 225 g/mol. The van der Waals surface area contributed by atoms with E-state index in [4.69, 9.17) is 0 Å². The highest BCUT2D eigenvalue weighted by Gasteiger charge is 1.96. The largest absolute Gasteiger partial charge is 0.309 e. The first kappa shape index (κ1) is 11.9. The van der Waals surface area contributed by atoms with Crippen LogP contribution in [0, 0.1) is 13.8 Å². The molecule has 2 aromatic carbocycles. The van der Waals surface area contributed by atoms with Crippen molar-refractivity contribution in [3.8, 4) is 0 Å². The van der Waals surface area contributed by atoms with Crippen LogP contribution in [-0.4, -0.2) is 0 Å². The van der Waals surface area contributed by atoms with E-state index in [1.165, 1.54) is 22.3 Å². The molecule has 1 heteroatoms. The predicted octanol–water partition coefficient (Wildman–Crippen LogP) is 3.59. The summed E-state index contributed by atoms with van der Waals surface area (Å²) < 4.78 is 0. The minimum absolute atomic E-state index is 0.925. The normalized spacial score (nSPS) is 10.5. The minimum Gasteiger partial charge on any atom is -0.309 e. The van der Waals surface area contributed by atoms with Gasteiger partial charge >= 0.3 is 0 Å². The molecule has 0 fully saturated rings. The number of hydrogen-bond acceptors (Lipinski definition) is 1. The van der Waals surface area contributed by atoms with Crippen LogP contribution in [-0.2, 0) is 13.1 Å². The molecule has 0 aromatic heterocycles. The van der Waals surface area contributed by atoms with Crippen LogP contribution in [0.1, 0.15) is 22.3 Å². The molecule has 0 amide bonds. The second kappa shape index (κ2) is 5.65. The maximum absolute atomic E-state index is 3.48. The van der Waals surface area contributed by atoms with Gasteiger partial charge in [-0.05, 0) is 30.5 Å². The molecule has 0 aliphatic heterocycles. The van der Waals surface area contributed by atoms with E-state index in [9.17, 15) is 0 Å². The van der Waals surface area contributed by atoms with E-state index in [-0.39, 0.29) is 0 Å². The summed E-state index contributed by atoms with van der Waals surface area (Å²) in [4.78, 5) is 0. The van der Waals surface area contributed by atoms with Crippen molar-refractivity contribution in [1.82, 2.24) is 5.32 Å². The van der Waals surface area contributed by atoms with Gasteiger partial charge in [0, 0.05) is 13.1 Å². The van der Waals surface area contributed by atoms with E-state index in [1.54, 1.807) is 0 Å². The van der Waals surface area contributed by atoms with Gasteiger partial charge in [0.2, 0.25) is 0 Å². The van der Waals surface area contributed by atoms with Gasteiger partial charge in [-0.3, -0.25) is 0 Å². The van der Waals surface area contributed by atoms with Gasteiger partial charge in [-0.15, -0.1) is 0 Å². The van der Waals surface area contributed by atoms with Gasteiger partial charge in [-0.2, -0.15) is 0 Å². The number of nitrogens with one attached hydrogen (secondary N) is 1. The smallest absolute Gasteiger partial charge is 0.0211 e. The molecule has 0 bridgehead atoms. The second-order valence-corrected chi connectivity index (χ2v) is 4.52. The van der Waals surface area contributed by atoms with Crippen LogP contribution in [0.3, 0.4) is 0 Å². The molecule has 2 aromatic rings. The van der Waals surface area contributed by atoms with Crippen LogP contribution >= 0.6 is 0 Å².